The van der Waals surface area contributed by atoms with Crippen LogP contribution < -0.4 is 5.73 Å². The van der Waals surface area contributed by atoms with Gasteiger partial charge in [-0.25, -0.2) is 4.98 Å². The fourth-order valence-electron chi connectivity index (χ4n) is 2.00. The molecule has 2 nitrogen and oxygen atoms in total. The molecule has 3 heteroatoms. The number of aromatic nitrogens is 1. The first-order chi connectivity index (χ1) is 8.60. The van der Waals surface area contributed by atoms with Crippen LogP contribution in [0, 0.1) is 13.8 Å². The van der Waals surface area contributed by atoms with E-state index in [1.807, 2.05) is 0 Å². The molecule has 0 aliphatic rings. The first-order valence-electron chi connectivity index (χ1n) is 6.37. The lowest BCUT2D eigenvalue weighted by molar-refractivity contribution is 0.644. The Kier molecular flexibility index (Phi) is 4.15. The molecule has 0 radical (unpaired) electrons. The summed E-state index contributed by atoms with van der Waals surface area (Å²) in [4.78, 5) is 4.70. The van der Waals surface area contributed by atoms with Crippen LogP contribution >= 0.6 is 11.3 Å². The summed E-state index contributed by atoms with van der Waals surface area (Å²) in [6.07, 6.45) is 1.88. The summed E-state index contributed by atoms with van der Waals surface area (Å²) in [7, 11) is 0. The second-order valence-electron chi connectivity index (χ2n) is 4.82. The minimum Gasteiger partial charge on any atom is -0.327 e. The van der Waals surface area contributed by atoms with Crippen molar-refractivity contribution in [2.45, 2.75) is 39.7 Å². The Morgan fingerprint density at radius 2 is 2.11 bits per heavy atom. The summed E-state index contributed by atoms with van der Waals surface area (Å²) in [5, 5.41) is 3.27. The Morgan fingerprint density at radius 1 is 1.33 bits per heavy atom. The van der Waals surface area contributed by atoms with E-state index >= 15 is 0 Å². The van der Waals surface area contributed by atoms with Crippen LogP contribution in [-0.2, 0) is 6.42 Å². The molecule has 0 amide bonds. The molecule has 0 saturated carbocycles. The first-order valence-corrected chi connectivity index (χ1v) is 7.25. The predicted molar refractivity (Wildman–Crippen MR) is 79.0 cm³/mol. The Balaban J connectivity index is 2.24. The lowest BCUT2D eigenvalue weighted by atomic mass is 10.0. The number of hydrogen-bond acceptors (Lipinski definition) is 3. The van der Waals surface area contributed by atoms with E-state index < -0.39 is 0 Å². The molecule has 0 spiro atoms. The van der Waals surface area contributed by atoms with Crippen molar-refractivity contribution in [3.63, 3.8) is 0 Å². The molecule has 18 heavy (non-hydrogen) atoms. The van der Waals surface area contributed by atoms with Gasteiger partial charge in [-0.05, 0) is 25.8 Å². The standard InChI is InChI=1S/C15H20N2S/c1-4-12(16)8-15-17-14(9-18-15)13-6-5-10(2)7-11(13)3/h5-7,9,12H,4,8,16H2,1-3H3. The van der Waals surface area contributed by atoms with Gasteiger partial charge in [0.1, 0.15) is 0 Å². The van der Waals surface area contributed by atoms with Crippen LogP contribution in [-0.4, -0.2) is 11.0 Å². The SMILES string of the molecule is CCC(N)Cc1nc(-c2ccc(C)cc2C)cs1. The Bertz CT molecular complexity index is 531. The van der Waals surface area contributed by atoms with Crippen molar-refractivity contribution >= 4 is 11.3 Å². The third-order valence-electron chi connectivity index (χ3n) is 3.17. The first kappa shape index (κ1) is 13.2. The van der Waals surface area contributed by atoms with Gasteiger partial charge < -0.3 is 5.73 Å². The molecule has 1 atom stereocenters. The van der Waals surface area contributed by atoms with Gasteiger partial charge in [-0.2, -0.15) is 0 Å². The van der Waals surface area contributed by atoms with Gasteiger partial charge in [-0.3, -0.25) is 0 Å². The van der Waals surface area contributed by atoms with E-state index in [1.54, 1.807) is 11.3 Å². The van der Waals surface area contributed by atoms with Gasteiger partial charge >= 0.3 is 0 Å². The maximum Gasteiger partial charge on any atom is 0.0948 e. The maximum absolute atomic E-state index is 5.97. The molecule has 2 rings (SSSR count). The van der Waals surface area contributed by atoms with Gasteiger partial charge in [0.15, 0.2) is 0 Å². The Morgan fingerprint density at radius 3 is 2.78 bits per heavy atom. The zero-order valence-electron chi connectivity index (χ0n) is 11.2. The van der Waals surface area contributed by atoms with Crippen LogP contribution in [0.1, 0.15) is 29.5 Å². The Hall–Kier alpha value is -1.19. The van der Waals surface area contributed by atoms with Crippen molar-refractivity contribution in [2.75, 3.05) is 0 Å². The second kappa shape index (κ2) is 5.63. The quantitative estimate of drug-likeness (QED) is 0.910. The zero-order chi connectivity index (χ0) is 13.1. The lowest BCUT2D eigenvalue weighted by Gasteiger charge is -2.05. The van der Waals surface area contributed by atoms with E-state index in [4.69, 9.17) is 10.7 Å². The summed E-state index contributed by atoms with van der Waals surface area (Å²) in [6, 6.07) is 6.72. The van der Waals surface area contributed by atoms with Crippen molar-refractivity contribution in [1.82, 2.24) is 4.98 Å². The number of benzene rings is 1. The average Bonchev–Trinajstić information content (AvgIpc) is 2.77. The fraction of sp³-hybridized carbons (Fsp3) is 0.400. The minimum atomic E-state index is 0.225. The fourth-order valence-corrected chi connectivity index (χ4v) is 2.89. The second-order valence-corrected chi connectivity index (χ2v) is 5.76. The number of nitrogens with two attached hydrogens (primary N) is 1. The molecule has 0 fully saturated rings. The van der Waals surface area contributed by atoms with E-state index in [0.717, 1.165) is 23.5 Å². The molecular weight excluding hydrogens is 240 g/mol. The maximum atomic E-state index is 5.97. The molecule has 2 N–H and O–H groups in total. The summed E-state index contributed by atoms with van der Waals surface area (Å²) in [5.41, 5.74) is 10.9. The third-order valence-corrected chi connectivity index (χ3v) is 4.04. The lowest BCUT2D eigenvalue weighted by Crippen LogP contribution is -2.21. The largest absolute Gasteiger partial charge is 0.327 e. The van der Waals surface area contributed by atoms with Gasteiger partial charge in [-0.15, -0.1) is 11.3 Å². The van der Waals surface area contributed by atoms with Crippen molar-refractivity contribution in [3.05, 3.63) is 39.7 Å². The van der Waals surface area contributed by atoms with Gasteiger partial charge in [0.05, 0.1) is 10.7 Å². The third kappa shape index (κ3) is 2.98. The van der Waals surface area contributed by atoms with Gasteiger partial charge in [0.2, 0.25) is 0 Å². The van der Waals surface area contributed by atoms with Crippen LogP contribution in [0.5, 0.6) is 0 Å². The molecule has 0 saturated heterocycles. The van der Waals surface area contributed by atoms with Crippen molar-refractivity contribution < 1.29 is 0 Å². The van der Waals surface area contributed by atoms with Crippen molar-refractivity contribution in [1.29, 1.82) is 0 Å². The smallest absolute Gasteiger partial charge is 0.0948 e. The molecule has 1 aromatic carbocycles. The van der Waals surface area contributed by atoms with Crippen molar-refractivity contribution in [2.24, 2.45) is 5.73 Å². The molecular formula is C15H20N2S. The van der Waals surface area contributed by atoms with E-state index in [-0.39, 0.29) is 6.04 Å². The summed E-state index contributed by atoms with van der Waals surface area (Å²) >= 11 is 1.71. The van der Waals surface area contributed by atoms with Crippen LogP contribution in [0.3, 0.4) is 0 Å². The van der Waals surface area contributed by atoms with E-state index in [2.05, 4.69) is 44.4 Å². The highest BCUT2D eigenvalue weighted by molar-refractivity contribution is 7.09. The highest BCUT2D eigenvalue weighted by atomic mass is 32.1. The van der Waals surface area contributed by atoms with E-state index in [9.17, 15) is 0 Å². The Labute approximate surface area is 113 Å². The predicted octanol–water partition coefficient (Wildman–Crippen LogP) is 3.71. The number of nitrogens with zero attached hydrogens (tertiary/aromatic N) is 1. The van der Waals surface area contributed by atoms with Crippen LogP contribution in [0.2, 0.25) is 0 Å². The monoisotopic (exact) mass is 260 g/mol. The highest BCUT2D eigenvalue weighted by Crippen LogP contribution is 2.26. The van der Waals surface area contributed by atoms with Gasteiger partial charge in [0.25, 0.3) is 0 Å². The number of aryl methyl sites for hydroxylation is 2. The summed E-state index contributed by atoms with van der Waals surface area (Å²) in [6.45, 7) is 6.37. The molecule has 0 bridgehead atoms. The van der Waals surface area contributed by atoms with Gasteiger partial charge in [-0.1, -0.05) is 30.7 Å². The number of thiazole rings is 1. The normalized spacial score (nSPS) is 12.7. The van der Waals surface area contributed by atoms with Crippen LogP contribution in [0.25, 0.3) is 11.3 Å². The van der Waals surface area contributed by atoms with Crippen LogP contribution in [0.4, 0.5) is 0 Å². The highest BCUT2D eigenvalue weighted by Gasteiger charge is 2.09. The number of rotatable bonds is 4. The van der Waals surface area contributed by atoms with Gasteiger partial charge in [0, 0.05) is 23.4 Å². The molecule has 1 heterocycles. The minimum absolute atomic E-state index is 0.225. The van der Waals surface area contributed by atoms with Crippen molar-refractivity contribution in [3.8, 4) is 11.3 Å². The molecule has 1 unspecified atom stereocenters. The van der Waals surface area contributed by atoms with Crippen LogP contribution in [0.15, 0.2) is 23.6 Å². The average molecular weight is 260 g/mol. The number of hydrogen-bond donors (Lipinski definition) is 1. The summed E-state index contributed by atoms with van der Waals surface area (Å²) < 4.78 is 0. The van der Waals surface area contributed by atoms with E-state index in [1.165, 1.54) is 16.7 Å². The topological polar surface area (TPSA) is 38.9 Å². The molecule has 0 aliphatic heterocycles. The molecule has 2 aromatic rings. The molecule has 96 valence electrons. The van der Waals surface area contributed by atoms with E-state index in [0.29, 0.717) is 0 Å². The zero-order valence-corrected chi connectivity index (χ0v) is 12.1. The summed E-state index contributed by atoms with van der Waals surface area (Å²) in [5.74, 6) is 0. The molecule has 1 aromatic heterocycles. The molecule has 0 aliphatic carbocycles.